The van der Waals surface area contributed by atoms with Crippen molar-refractivity contribution < 1.29 is 5.48 Å². The number of rotatable bonds is 0. The molecular formula is C6H12N10O. The summed E-state index contributed by atoms with van der Waals surface area (Å²) in [5.41, 5.74) is 20.5. The number of aromatic nitrogens is 6. The molecule has 0 aliphatic carbocycles. The number of nitrogen functional groups attached to an aromatic ring is 4. The third-order valence-corrected chi connectivity index (χ3v) is 1.22. The summed E-state index contributed by atoms with van der Waals surface area (Å²) in [6, 6.07) is 0. The lowest BCUT2D eigenvalue weighted by molar-refractivity contribution is 0.824. The summed E-state index contributed by atoms with van der Waals surface area (Å²) in [4.78, 5) is 21.1. The predicted octanol–water partition coefficient (Wildman–Crippen LogP) is -2.75. The summed E-state index contributed by atoms with van der Waals surface area (Å²) in [7, 11) is 0. The molecule has 2 heterocycles. The summed E-state index contributed by atoms with van der Waals surface area (Å²) in [5, 5.41) is 0. The van der Waals surface area contributed by atoms with Crippen LogP contribution in [0.1, 0.15) is 0 Å². The largest absolute Gasteiger partial charge is 0.412 e. The molecule has 0 spiro atoms. The third-order valence-electron chi connectivity index (χ3n) is 1.22. The van der Waals surface area contributed by atoms with Gasteiger partial charge in [0.15, 0.2) is 0 Å². The van der Waals surface area contributed by atoms with Crippen molar-refractivity contribution in [3.63, 3.8) is 0 Å². The van der Waals surface area contributed by atoms with Gasteiger partial charge in [-0.25, -0.2) is 19.9 Å². The van der Waals surface area contributed by atoms with E-state index in [1.54, 1.807) is 0 Å². The van der Waals surface area contributed by atoms with Gasteiger partial charge in [0.2, 0.25) is 23.8 Å². The highest BCUT2D eigenvalue weighted by molar-refractivity contribution is 5.23. The molecular weight excluding hydrogens is 228 g/mol. The Kier molecular flexibility index (Phi) is 5.53. The minimum Gasteiger partial charge on any atom is -0.412 e. The topological polar surface area (TPSA) is 213 Å². The van der Waals surface area contributed by atoms with Crippen LogP contribution in [0.25, 0.3) is 0 Å². The molecule has 10 N–H and O–H groups in total. The van der Waals surface area contributed by atoms with Crippen LogP contribution in [0.4, 0.5) is 23.8 Å². The molecule has 0 bridgehead atoms. The molecule has 0 saturated carbocycles. The van der Waals surface area contributed by atoms with Gasteiger partial charge in [-0.15, -0.1) is 0 Å². The highest BCUT2D eigenvalue weighted by Gasteiger charge is 1.86. The number of nitrogens with zero attached hydrogens (tertiary/aromatic N) is 6. The van der Waals surface area contributed by atoms with Gasteiger partial charge in [0.1, 0.15) is 12.7 Å². The van der Waals surface area contributed by atoms with E-state index < -0.39 is 0 Å². The molecule has 0 aliphatic rings. The Bertz CT molecular complexity index is 384. The second-order valence-corrected chi connectivity index (χ2v) is 2.40. The van der Waals surface area contributed by atoms with Crippen molar-refractivity contribution in [3.8, 4) is 0 Å². The van der Waals surface area contributed by atoms with E-state index in [-0.39, 0.29) is 29.3 Å². The van der Waals surface area contributed by atoms with Crippen LogP contribution in [-0.4, -0.2) is 35.4 Å². The maximum atomic E-state index is 5.12. The van der Waals surface area contributed by atoms with Crippen molar-refractivity contribution in [1.29, 1.82) is 0 Å². The summed E-state index contributed by atoms with van der Waals surface area (Å²) in [6.07, 6.45) is 2.52. The van der Waals surface area contributed by atoms with E-state index in [0.29, 0.717) is 0 Å². The molecule has 11 nitrogen and oxygen atoms in total. The van der Waals surface area contributed by atoms with Crippen LogP contribution in [-0.2, 0) is 0 Å². The average molecular weight is 240 g/mol. The molecule has 0 fully saturated rings. The number of anilines is 4. The Balaban J connectivity index is 0.000000284. The fraction of sp³-hybridized carbons (Fsp3) is 0. The predicted molar refractivity (Wildman–Crippen MR) is 60.9 cm³/mol. The van der Waals surface area contributed by atoms with E-state index in [2.05, 4.69) is 29.9 Å². The van der Waals surface area contributed by atoms with Crippen molar-refractivity contribution in [2.75, 3.05) is 22.9 Å². The maximum Gasteiger partial charge on any atom is 0.224 e. The van der Waals surface area contributed by atoms with E-state index in [9.17, 15) is 0 Å². The van der Waals surface area contributed by atoms with Crippen LogP contribution in [0.5, 0.6) is 0 Å². The van der Waals surface area contributed by atoms with Gasteiger partial charge in [-0.3, -0.25) is 0 Å². The SMILES string of the molecule is Nc1ncnc(N)n1.Nc1ncnc(N)n1.O. The maximum absolute atomic E-state index is 5.12. The zero-order valence-electron chi connectivity index (χ0n) is 8.65. The van der Waals surface area contributed by atoms with Crippen LogP contribution in [0.15, 0.2) is 12.7 Å². The second-order valence-electron chi connectivity index (χ2n) is 2.40. The lowest BCUT2D eigenvalue weighted by Gasteiger charge is -1.88. The van der Waals surface area contributed by atoms with E-state index in [1.165, 1.54) is 12.7 Å². The summed E-state index contributed by atoms with van der Waals surface area (Å²) >= 11 is 0. The Labute approximate surface area is 95.7 Å². The van der Waals surface area contributed by atoms with Gasteiger partial charge < -0.3 is 28.4 Å². The first-order chi connectivity index (χ1) is 7.58. The number of hydrogen-bond donors (Lipinski definition) is 4. The van der Waals surface area contributed by atoms with Gasteiger partial charge in [0.05, 0.1) is 0 Å². The summed E-state index contributed by atoms with van der Waals surface area (Å²) in [5.74, 6) is 0.602. The molecule has 0 radical (unpaired) electrons. The molecule has 2 aromatic rings. The molecule has 17 heavy (non-hydrogen) atoms. The first-order valence-corrected chi connectivity index (χ1v) is 3.98. The average Bonchev–Trinajstić information content (AvgIpc) is 2.17. The van der Waals surface area contributed by atoms with Crippen molar-refractivity contribution in [3.05, 3.63) is 12.7 Å². The molecule has 0 saturated heterocycles. The minimum absolute atomic E-state index is 0. The van der Waals surface area contributed by atoms with Crippen LogP contribution in [0.2, 0.25) is 0 Å². The van der Waals surface area contributed by atoms with Gasteiger partial charge in [0.25, 0.3) is 0 Å². The Hall–Kier alpha value is -2.82. The van der Waals surface area contributed by atoms with Crippen molar-refractivity contribution in [1.82, 2.24) is 29.9 Å². The first-order valence-electron chi connectivity index (χ1n) is 3.98. The molecule has 0 amide bonds. The minimum atomic E-state index is 0. The molecule has 0 aromatic carbocycles. The van der Waals surface area contributed by atoms with Crippen LogP contribution in [0, 0.1) is 0 Å². The Morgan fingerprint density at radius 2 is 0.824 bits per heavy atom. The van der Waals surface area contributed by atoms with E-state index in [1.807, 2.05) is 0 Å². The van der Waals surface area contributed by atoms with E-state index >= 15 is 0 Å². The van der Waals surface area contributed by atoms with Crippen molar-refractivity contribution in [2.45, 2.75) is 0 Å². The standard InChI is InChI=1S/2C3H5N5.H2O/c2*4-2-6-1-7-3(5)8-2;/h2*1H,(H4,4,5,6,7,8);1H2. The second kappa shape index (κ2) is 6.62. The molecule has 2 rings (SSSR count). The first kappa shape index (κ1) is 14.2. The van der Waals surface area contributed by atoms with E-state index in [4.69, 9.17) is 22.9 Å². The normalized spacial score (nSPS) is 8.47. The van der Waals surface area contributed by atoms with Crippen molar-refractivity contribution in [2.24, 2.45) is 0 Å². The lowest BCUT2D eigenvalue weighted by Crippen LogP contribution is -2.00. The molecule has 11 heteroatoms. The van der Waals surface area contributed by atoms with Gasteiger partial charge in [-0.1, -0.05) is 0 Å². The zero-order valence-corrected chi connectivity index (χ0v) is 8.65. The highest BCUT2D eigenvalue weighted by Crippen LogP contribution is 1.89. The molecule has 2 aromatic heterocycles. The fourth-order valence-corrected chi connectivity index (χ4v) is 0.645. The molecule has 0 atom stereocenters. The summed E-state index contributed by atoms with van der Waals surface area (Å²) in [6.45, 7) is 0. The van der Waals surface area contributed by atoms with E-state index in [0.717, 1.165) is 0 Å². The third kappa shape index (κ3) is 5.58. The number of nitrogens with two attached hydrogens (primary N) is 4. The molecule has 92 valence electrons. The van der Waals surface area contributed by atoms with Crippen LogP contribution < -0.4 is 22.9 Å². The molecule has 0 unspecified atom stereocenters. The van der Waals surface area contributed by atoms with Crippen molar-refractivity contribution >= 4 is 23.8 Å². The zero-order chi connectivity index (χ0) is 12.0. The van der Waals surface area contributed by atoms with Gasteiger partial charge in [0, 0.05) is 0 Å². The van der Waals surface area contributed by atoms with Gasteiger partial charge in [-0.2, -0.15) is 9.97 Å². The van der Waals surface area contributed by atoms with Crippen LogP contribution >= 0.6 is 0 Å². The smallest absolute Gasteiger partial charge is 0.224 e. The molecule has 0 aliphatic heterocycles. The Morgan fingerprint density at radius 1 is 0.588 bits per heavy atom. The van der Waals surface area contributed by atoms with Gasteiger partial charge >= 0.3 is 0 Å². The van der Waals surface area contributed by atoms with Crippen LogP contribution in [0.3, 0.4) is 0 Å². The van der Waals surface area contributed by atoms with Gasteiger partial charge in [-0.05, 0) is 0 Å². The number of hydrogen-bond acceptors (Lipinski definition) is 10. The fourth-order valence-electron chi connectivity index (χ4n) is 0.645. The highest BCUT2D eigenvalue weighted by atomic mass is 16.0. The summed E-state index contributed by atoms with van der Waals surface area (Å²) < 4.78 is 0. The monoisotopic (exact) mass is 240 g/mol. The Morgan fingerprint density at radius 3 is 0.941 bits per heavy atom. The quantitative estimate of drug-likeness (QED) is 0.372. The lowest BCUT2D eigenvalue weighted by atomic mass is 10.9.